The van der Waals surface area contributed by atoms with Gasteiger partial charge in [0.05, 0.1) is 12.0 Å². The van der Waals surface area contributed by atoms with E-state index in [1.54, 1.807) is 18.3 Å². The summed E-state index contributed by atoms with van der Waals surface area (Å²) >= 11 is 1.68. The Kier molecular flexibility index (Phi) is 3.91. The van der Waals surface area contributed by atoms with Crippen LogP contribution in [0.2, 0.25) is 0 Å². The molecule has 4 nitrogen and oxygen atoms in total. The minimum absolute atomic E-state index is 0.0698. The number of aliphatic hydroxyl groups excluding tert-OH is 1. The van der Waals surface area contributed by atoms with Crippen molar-refractivity contribution in [1.82, 2.24) is 10.1 Å². The first kappa shape index (κ1) is 12.3. The predicted octanol–water partition coefficient (Wildman–Crippen LogP) is 2.60. The third kappa shape index (κ3) is 2.92. The summed E-state index contributed by atoms with van der Waals surface area (Å²) in [7, 11) is 0. The van der Waals surface area contributed by atoms with E-state index in [4.69, 9.17) is 4.52 Å². The van der Waals surface area contributed by atoms with Crippen LogP contribution >= 0.6 is 11.3 Å². The summed E-state index contributed by atoms with van der Waals surface area (Å²) in [6.07, 6.45) is 1.02. The van der Waals surface area contributed by atoms with Crippen molar-refractivity contribution < 1.29 is 9.63 Å². The summed E-state index contributed by atoms with van der Waals surface area (Å²) in [5, 5.41) is 15.6. The molecule has 0 saturated heterocycles. The van der Waals surface area contributed by atoms with Gasteiger partial charge in [0.2, 0.25) is 5.89 Å². The molecule has 5 heteroatoms. The third-order valence-corrected chi connectivity index (χ3v) is 3.61. The molecule has 2 heterocycles. The molecule has 0 saturated carbocycles. The van der Waals surface area contributed by atoms with Crippen LogP contribution in [0.5, 0.6) is 0 Å². The van der Waals surface area contributed by atoms with Gasteiger partial charge < -0.3 is 9.63 Å². The van der Waals surface area contributed by atoms with Gasteiger partial charge in [-0.15, -0.1) is 11.3 Å². The Morgan fingerprint density at radius 3 is 2.94 bits per heavy atom. The Morgan fingerprint density at radius 1 is 1.53 bits per heavy atom. The summed E-state index contributed by atoms with van der Waals surface area (Å²) in [5.74, 6) is 1.15. The van der Waals surface area contributed by atoms with Crippen LogP contribution < -0.4 is 0 Å². The molecule has 2 aromatic rings. The average molecular weight is 252 g/mol. The zero-order valence-corrected chi connectivity index (χ0v) is 10.8. The van der Waals surface area contributed by atoms with E-state index in [1.165, 1.54) is 4.88 Å². The Labute approximate surface area is 104 Å². The maximum Gasteiger partial charge on any atom is 0.232 e. The van der Waals surface area contributed by atoms with Crippen LogP contribution in [0.25, 0.3) is 0 Å². The molecule has 2 atom stereocenters. The molecule has 0 fully saturated rings. The summed E-state index contributed by atoms with van der Waals surface area (Å²) in [4.78, 5) is 5.56. The average Bonchev–Trinajstić information content (AvgIpc) is 2.91. The highest BCUT2D eigenvalue weighted by molar-refractivity contribution is 7.09. The monoisotopic (exact) mass is 252 g/mol. The van der Waals surface area contributed by atoms with Crippen molar-refractivity contribution in [3.05, 3.63) is 34.1 Å². The molecule has 92 valence electrons. The molecule has 0 amide bonds. The number of nitrogens with zero attached hydrogens (tertiary/aromatic N) is 2. The summed E-state index contributed by atoms with van der Waals surface area (Å²) in [5.41, 5.74) is 0. The van der Waals surface area contributed by atoms with E-state index in [-0.39, 0.29) is 5.92 Å². The number of aliphatic hydroxyl groups is 1. The lowest BCUT2D eigenvalue weighted by Crippen LogP contribution is -2.14. The predicted molar refractivity (Wildman–Crippen MR) is 66.1 cm³/mol. The SMILES string of the molecule is CCC(c1nc(Cc2cccs2)no1)C(C)O. The standard InChI is InChI=1S/C12H16N2O2S/c1-3-10(8(2)15)12-13-11(14-16-12)7-9-5-4-6-17-9/h4-6,8,10,15H,3,7H2,1-2H3. The smallest absolute Gasteiger partial charge is 0.232 e. The first-order valence-corrected chi connectivity index (χ1v) is 6.61. The lowest BCUT2D eigenvalue weighted by atomic mass is 10.0. The lowest BCUT2D eigenvalue weighted by Gasteiger charge is -2.12. The zero-order valence-electron chi connectivity index (χ0n) is 9.96. The van der Waals surface area contributed by atoms with Crippen LogP contribution in [0.4, 0.5) is 0 Å². The van der Waals surface area contributed by atoms with E-state index >= 15 is 0 Å². The molecule has 0 aromatic carbocycles. The van der Waals surface area contributed by atoms with E-state index in [0.29, 0.717) is 18.1 Å². The maximum absolute atomic E-state index is 9.61. The first-order valence-electron chi connectivity index (χ1n) is 5.73. The van der Waals surface area contributed by atoms with Crippen LogP contribution in [0.3, 0.4) is 0 Å². The number of thiophene rings is 1. The molecule has 0 radical (unpaired) electrons. The molecule has 1 N–H and O–H groups in total. The van der Waals surface area contributed by atoms with Crippen molar-refractivity contribution in [3.8, 4) is 0 Å². The second kappa shape index (κ2) is 5.42. The van der Waals surface area contributed by atoms with Crippen molar-refractivity contribution in [3.63, 3.8) is 0 Å². The van der Waals surface area contributed by atoms with Crippen molar-refractivity contribution >= 4 is 11.3 Å². The van der Waals surface area contributed by atoms with Crippen molar-refractivity contribution in [1.29, 1.82) is 0 Å². The van der Waals surface area contributed by atoms with Gasteiger partial charge in [0, 0.05) is 11.3 Å². The molecule has 0 aliphatic heterocycles. The molecule has 2 rings (SSSR count). The van der Waals surface area contributed by atoms with Crippen LogP contribution in [0.1, 0.15) is 42.8 Å². The van der Waals surface area contributed by atoms with Gasteiger partial charge in [-0.1, -0.05) is 18.1 Å². The van der Waals surface area contributed by atoms with Gasteiger partial charge in [0.25, 0.3) is 0 Å². The Hall–Kier alpha value is -1.20. The lowest BCUT2D eigenvalue weighted by molar-refractivity contribution is 0.141. The van der Waals surface area contributed by atoms with E-state index < -0.39 is 6.10 Å². The number of hydrogen-bond acceptors (Lipinski definition) is 5. The summed E-state index contributed by atoms with van der Waals surface area (Å²) < 4.78 is 5.21. The van der Waals surface area contributed by atoms with Gasteiger partial charge in [-0.2, -0.15) is 4.98 Å². The van der Waals surface area contributed by atoms with Gasteiger partial charge in [0.1, 0.15) is 0 Å². The molecule has 0 bridgehead atoms. The Bertz CT molecular complexity index is 451. The van der Waals surface area contributed by atoms with Crippen LogP contribution in [0, 0.1) is 0 Å². The molecular weight excluding hydrogens is 236 g/mol. The molecule has 0 spiro atoms. The van der Waals surface area contributed by atoms with E-state index in [9.17, 15) is 5.11 Å². The highest BCUT2D eigenvalue weighted by Gasteiger charge is 2.22. The third-order valence-electron chi connectivity index (χ3n) is 2.74. The molecular formula is C12H16N2O2S. The van der Waals surface area contributed by atoms with Crippen molar-refractivity contribution in [2.75, 3.05) is 0 Å². The molecule has 2 unspecified atom stereocenters. The van der Waals surface area contributed by atoms with E-state index in [2.05, 4.69) is 10.1 Å². The largest absolute Gasteiger partial charge is 0.393 e. The summed E-state index contributed by atoms with van der Waals surface area (Å²) in [6, 6.07) is 4.05. The minimum Gasteiger partial charge on any atom is -0.393 e. The van der Waals surface area contributed by atoms with E-state index in [0.717, 1.165) is 6.42 Å². The number of aromatic nitrogens is 2. The fraction of sp³-hybridized carbons (Fsp3) is 0.500. The highest BCUT2D eigenvalue weighted by Crippen LogP contribution is 2.22. The molecule has 0 aliphatic rings. The topological polar surface area (TPSA) is 59.2 Å². The van der Waals surface area contributed by atoms with Gasteiger partial charge >= 0.3 is 0 Å². The quantitative estimate of drug-likeness (QED) is 0.888. The van der Waals surface area contributed by atoms with Crippen LogP contribution in [-0.4, -0.2) is 21.4 Å². The first-order chi connectivity index (χ1) is 8.20. The van der Waals surface area contributed by atoms with Gasteiger partial charge in [-0.3, -0.25) is 0 Å². The van der Waals surface area contributed by atoms with Crippen LogP contribution in [-0.2, 0) is 6.42 Å². The van der Waals surface area contributed by atoms with Crippen molar-refractivity contribution in [2.24, 2.45) is 0 Å². The highest BCUT2D eigenvalue weighted by atomic mass is 32.1. The number of hydrogen-bond donors (Lipinski definition) is 1. The summed E-state index contributed by atoms with van der Waals surface area (Å²) in [6.45, 7) is 3.75. The van der Waals surface area contributed by atoms with Crippen molar-refractivity contribution in [2.45, 2.75) is 38.7 Å². The molecule has 17 heavy (non-hydrogen) atoms. The van der Waals surface area contributed by atoms with Gasteiger partial charge in [-0.05, 0) is 24.8 Å². The minimum atomic E-state index is -0.463. The maximum atomic E-state index is 9.61. The van der Waals surface area contributed by atoms with Gasteiger partial charge in [-0.25, -0.2) is 0 Å². The second-order valence-corrected chi connectivity index (χ2v) is 5.09. The number of rotatable bonds is 5. The van der Waals surface area contributed by atoms with Gasteiger partial charge in [0.15, 0.2) is 5.82 Å². The molecule has 2 aromatic heterocycles. The zero-order chi connectivity index (χ0) is 12.3. The molecule has 0 aliphatic carbocycles. The Balaban J connectivity index is 2.10. The fourth-order valence-electron chi connectivity index (χ4n) is 1.78. The van der Waals surface area contributed by atoms with E-state index in [1.807, 2.05) is 24.4 Å². The van der Waals surface area contributed by atoms with Crippen LogP contribution in [0.15, 0.2) is 22.0 Å². The second-order valence-electron chi connectivity index (χ2n) is 4.06. The Morgan fingerprint density at radius 2 is 2.35 bits per heavy atom. The normalized spacial score (nSPS) is 14.8. The fourth-order valence-corrected chi connectivity index (χ4v) is 2.48.